The van der Waals surface area contributed by atoms with Gasteiger partial charge in [-0.3, -0.25) is 9.69 Å². The van der Waals surface area contributed by atoms with E-state index in [1.807, 2.05) is 50.1 Å². The third-order valence-corrected chi connectivity index (χ3v) is 3.66. The molecule has 1 aromatic rings. The first-order valence-corrected chi connectivity index (χ1v) is 7.73. The zero-order valence-electron chi connectivity index (χ0n) is 13.3. The fraction of sp³-hybridized carbons (Fsp3) is 0.562. The Bertz CT molecular complexity index is 447. The monoisotopic (exact) mass is 311 g/mol. The minimum absolute atomic E-state index is 0.00904. The van der Waals surface area contributed by atoms with Gasteiger partial charge in [0.15, 0.2) is 0 Å². The highest BCUT2D eigenvalue weighted by Crippen LogP contribution is 2.25. The molecule has 0 fully saturated rings. The van der Waals surface area contributed by atoms with Crippen LogP contribution in [0.2, 0.25) is 5.02 Å². The highest BCUT2D eigenvalue weighted by Gasteiger charge is 2.24. The van der Waals surface area contributed by atoms with Crippen molar-refractivity contribution in [2.45, 2.75) is 45.3 Å². The Balaban J connectivity index is 2.87. The average Bonchev–Trinajstić information content (AvgIpc) is 2.39. The number of nitrogens with zero attached hydrogens (tertiary/aromatic N) is 1. The Morgan fingerprint density at radius 3 is 2.38 bits per heavy atom. The molecule has 21 heavy (non-hydrogen) atoms. The first-order valence-electron chi connectivity index (χ1n) is 7.35. The Morgan fingerprint density at radius 2 is 1.90 bits per heavy atom. The summed E-state index contributed by atoms with van der Waals surface area (Å²) in [5, 5.41) is 3.60. The second-order valence-corrected chi connectivity index (χ2v) is 6.14. The van der Waals surface area contributed by atoms with Crippen molar-refractivity contribution in [3.8, 4) is 0 Å². The number of nitrogens with one attached hydrogen (secondary N) is 1. The van der Waals surface area contributed by atoms with Crippen molar-refractivity contribution in [2.75, 3.05) is 13.6 Å². The fourth-order valence-electron chi connectivity index (χ4n) is 2.40. The number of amides is 1. The quantitative estimate of drug-likeness (QED) is 0.813. The Morgan fingerprint density at radius 1 is 1.33 bits per heavy atom. The lowest BCUT2D eigenvalue weighted by molar-refractivity contribution is -0.123. The molecule has 0 aliphatic carbocycles. The lowest BCUT2D eigenvalue weighted by atomic mass is 9.96. The molecule has 2 unspecified atom stereocenters. The summed E-state index contributed by atoms with van der Waals surface area (Å²) in [6.07, 6.45) is 0.837. The normalized spacial score (nSPS) is 14.3. The van der Waals surface area contributed by atoms with Crippen LogP contribution in [0.25, 0.3) is 0 Å². The molecule has 2 atom stereocenters. The number of carbonyl (C=O) groups is 1. The average molecular weight is 312 g/mol. The SMILES string of the molecule is CCC(N)C(c1ccc(Cl)cc1)N(C)CC(=O)NC(C)C. The molecule has 0 aliphatic rings. The van der Waals surface area contributed by atoms with Gasteiger partial charge in [0.2, 0.25) is 5.91 Å². The maximum atomic E-state index is 11.9. The topological polar surface area (TPSA) is 58.4 Å². The minimum atomic E-state index is -0.0389. The largest absolute Gasteiger partial charge is 0.353 e. The van der Waals surface area contributed by atoms with E-state index in [0.717, 1.165) is 12.0 Å². The Kier molecular flexibility index (Phi) is 7.15. The standard InChI is InChI=1S/C16H26ClN3O/c1-5-14(18)16(12-6-8-13(17)9-7-12)20(4)10-15(21)19-11(2)3/h6-9,11,14,16H,5,10,18H2,1-4H3,(H,19,21). The number of halogens is 1. The highest BCUT2D eigenvalue weighted by molar-refractivity contribution is 6.30. The number of likely N-dealkylation sites (N-methyl/N-ethyl adjacent to an activating group) is 1. The van der Waals surface area contributed by atoms with Crippen molar-refractivity contribution in [1.82, 2.24) is 10.2 Å². The van der Waals surface area contributed by atoms with E-state index in [4.69, 9.17) is 17.3 Å². The lowest BCUT2D eigenvalue weighted by Crippen LogP contribution is -2.44. The van der Waals surface area contributed by atoms with Gasteiger partial charge in [0.05, 0.1) is 12.6 Å². The third-order valence-electron chi connectivity index (χ3n) is 3.41. The van der Waals surface area contributed by atoms with Gasteiger partial charge in [-0.15, -0.1) is 0 Å². The van der Waals surface area contributed by atoms with Gasteiger partial charge in [-0.2, -0.15) is 0 Å². The van der Waals surface area contributed by atoms with E-state index in [9.17, 15) is 4.79 Å². The number of carbonyl (C=O) groups excluding carboxylic acids is 1. The molecule has 1 aromatic carbocycles. The predicted octanol–water partition coefficient (Wildman–Crippen LogP) is 2.57. The van der Waals surface area contributed by atoms with Crippen LogP contribution in [0.15, 0.2) is 24.3 Å². The van der Waals surface area contributed by atoms with Gasteiger partial charge in [0.25, 0.3) is 0 Å². The molecular weight excluding hydrogens is 286 g/mol. The van der Waals surface area contributed by atoms with E-state index in [0.29, 0.717) is 11.6 Å². The van der Waals surface area contributed by atoms with Gasteiger partial charge < -0.3 is 11.1 Å². The van der Waals surface area contributed by atoms with E-state index in [2.05, 4.69) is 12.2 Å². The van der Waals surface area contributed by atoms with Gasteiger partial charge in [-0.25, -0.2) is 0 Å². The maximum absolute atomic E-state index is 11.9. The number of benzene rings is 1. The van der Waals surface area contributed by atoms with Crippen LogP contribution in [0.3, 0.4) is 0 Å². The molecule has 3 N–H and O–H groups in total. The van der Waals surface area contributed by atoms with E-state index >= 15 is 0 Å². The number of hydrogen-bond acceptors (Lipinski definition) is 3. The van der Waals surface area contributed by atoms with E-state index < -0.39 is 0 Å². The Hall–Kier alpha value is -1.10. The molecule has 5 heteroatoms. The maximum Gasteiger partial charge on any atom is 0.234 e. The van der Waals surface area contributed by atoms with Crippen molar-refractivity contribution in [2.24, 2.45) is 5.73 Å². The second kappa shape index (κ2) is 8.37. The summed E-state index contributed by atoms with van der Waals surface area (Å²) in [5.41, 5.74) is 7.34. The van der Waals surface area contributed by atoms with Gasteiger partial charge in [0.1, 0.15) is 0 Å². The summed E-state index contributed by atoms with van der Waals surface area (Å²) < 4.78 is 0. The van der Waals surface area contributed by atoms with E-state index in [1.165, 1.54) is 0 Å². The molecule has 1 amide bonds. The zero-order valence-corrected chi connectivity index (χ0v) is 14.0. The van der Waals surface area contributed by atoms with Crippen molar-refractivity contribution >= 4 is 17.5 Å². The molecule has 0 spiro atoms. The van der Waals surface area contributed by atoms with Crippen LogP contribution in [0.1, 0.15) is 38.8 Å². The molecule has 0 radical (unpaired) electrons. The summed E-state index contributed by atoms with van der Waals surface area (Å²) in [4.78, 5) is 13.9. The molecule has 0 saturated heterocycles. The summed E-state index contributed by atoms with van der Waals surface area (Å²) in [6.45, 7) is 6.27. The van der Waals surface area contributed by atoms with Crippen LogP contribution in [0.4, 0.5) is 0 Å². The van der Waals surface area contributed by atoms with Crippen molar-refractivity contribution < 1.29 is 4.79 Å². The van der Waals surface area contributed by atoms with Gasteiger partial charge in [0, 0.05) is 17.1 Å². The van der Waals surface area contributed by atoms with Crippen molar-refractivity contribution in [3.63, 3.8) is 0 Å². The second-order valence-electron chi connectivity index (χ2n) is 5.71. The molecule has 0 saturated carbocycles. The first kappa shape index (κ1) is 18.0. The number of nitrogens with two attached hydrogens (primary N) is 1. The number of hydrogen-bond donors (Lipinski definition) is 2. The summed E-state index contributed by atoms with van der Waals surface area (Å²) in [5.74, 6) is 0.00904. The molecule has 0 bridgehead atoms. The highest BCUT2D eigenvalue weighted by atomic mass is 35.5. The van der Waals surface area contributed by atoms with E-state index in [1.54, 1.807) is 0 Å². The molecule has 118 valence electrons. The summed E-state index contributed by atoms with van der Waals surface area (Å²) >= 11 is 5.94. The van der Waals surface area contributed by atoms with Crippen LogP contribution < -0.4 is 11.1 Å². The van der Waals surface area contributed by atoms with Crippen LogP contribution in [0, 0.1) is 0 Å². The summed E-state index contributed by atoms with van der Waals surface area (Å²) in [6, 6.07) is 7.74. The van der Waals surface area contributed by atoms with Crippen LogP contribution in [-0.2, 0) is 4.79 Å². The predicted molar refractivity (Wildman–Crippen MR) is 88.4 cm³/mol. The van der Waals surface area contributed by atoms with Gasteiger partial charge in [-0.1, -0.05) is 30.7 Å². The smallest absolute Gasteiger partial charge is 0.234 e. The third kappa shape index (κ3) is 5.65. The van der Waals surface area contributed by atoms with Crippen molar-refractivity contribution in [3.05, 3.63) is 34.9 Å². The number of rotatable bonds is 7. The van der Waals surface area contributed by atoms with E-state index in [-0.39, 0.29) is 24.0 Å². The van der Waals surface area contributed by atoms with Gasteiger partial charge in [-0.05, 0) is 45.0 Å². The fourth-order valence-corrected chi connectivity index (χ4v) is 2.53. The minimum Gasteiger partial charge on any atom is -0.353 e. The molecule has 0 aliphatic heterocycles. The first-order chi connectivity index (χ1) is 9.85. The summed E-state index contributed by atoms with van der Waals surface area (Å²) in [7, 11) is 1.93. The molecule has 4 nitrogen and oxygen atoms in total. The molecule has 1 rings (SSSR count). The Labute approximate surface area is 132 Å². The van der Waals surface area contributed by atoms with Gasteiger partial charge >= 0.3 is 0 Å². The van der Waals surface area contributed by atoms with Crippen LogP contribution in [0.5, 0.6) is 0 Å². The van der Waals surface area contributed by atoms with Crippen LogP contribution >= 0.6 is 11.6 Å². The van der Waals surface area contributed by atoms with Crippen LogP contribution in [-0.4, -0.2) is 36.5 Å². The molecule has 0 heterocycles. The van der Waals surface area contributed by atoms with Crippen molar-refractivity contribution in [1.29, 1.82) is 0 Å². The zero-order chi connectivity index (χ0) is 16.0. The molecular formula is C16H26ClN3O. The lowest BCUT2D eigenvalue weighted by Gasteiger charge is -2.32. The molecule has 0 aromatic heterocycles.